The summed E-state index contributed by atoms with van der Waals surface area (Å²) in [5.41, 5.74) is -9.81. The number of nitrogens with zero attached hydrogens (tertiary/aromatic N) is 2. The SMILES string of the molecule is CCSC(C(=O)N(C)c1ccc(C2=NOC(c3cc(C(F)(F)F)cc(C(F)(F)F)c3)(C(F)(F)F)C2)cc1Cl)S(=O)(=O)CC. The molecule has 0 bridgehead atoms. The maximum Gasteiger partial charge on any atom is 0.435 e. The van der Waals surface area contributed by atoms with Crippen molar-refractivity contribution in [2.24, 2.45) is 5.16 Å². The van der Waals surface area contributed by atoms with Crippen LogP contribution in [0.25, 0.3) is 0 Å². The minimum Gasteiger partial charge on any atom is -0.374 e. The van der Waals surface area contributed by atoms with Gasteiger partial charge in [0.15, 0.2) is 14.4 Å². The minimum absolute atomic E-state index is 0.0299. The molecule has 3 rings (SSSR count). The number of halogens is 10. The van der Waals surface area contributed by atoms with Gasteiger partial charge in [0, 0.05) is 30.3 Å². The van der Waals surface area contributed by atoms with E-state index in [0.29, 0.717) is 0 Å². The Balaban J connectivity index is 2.02. The van der Waals surface area contributed by atoms with Crippen LogP contribution in [0.3, 0.4) is 0 Å². The van der Waals surface area contributed by atoms with Crippen LogP contribution in [0, 0.1) is 0 Å². The molecule has 0 N–H and O–H groups in total. The first kappa shape index (κ1) is 34.8. The van der Waals surface area contributed by atoms with E-state index >= 15 is 0 Å². The number of anilines is 1. The molecule has 0 fully saturated rings. The third kappa shape index (κ3) is 7.03. The maximum absolute atomic E-state index is 14.4. The predicted molar refractivity (Wildman–Crippen MR) is 143 cm³/mol. The number of sulfone groups is 1. The number of benzene rings is 2. The van der Waals surface area contributed by atoms with E-state index in [2.05, 4.69) is 9.99 Å². The van der Waals surface area contributed by atoms with Crippen molar-refractivity contribution < 1.29 is 57.6 Å². The molecule has 2 atom stereocenters. The summed E-state index contributed by atoms with van der Waals surface area (Å²) in [6.07, 6.45) is -17.7. The van der Waals surface area contributed by atoms with Crippen LogP contribution >= 0.6 is 23.4 Å². The lowest BCUT2D eigenvalue weighted by Crippen LogP contribution is -2.43. The summed E-state index contributed by atoms with van der Waals surface area (Å²) >= 11 is 7.15. The van der Waals surface area contributed by atoms with Crippen LogP contribution in [0.15, 0.2) is 41.6 Å². The first-order valence-corrected chi connectivity index (χ1v) is 15.3. The lowest BCUT2D eigenvalue weighted by atomic mass is 9.84. The molecule has 238 valence electrons. The summed E-state index contributed by atoms with van der Waals surface area (Å²) in [7, 11) is -2.61. The Morgan fingerprint density at radius 2 is 1.58 bits per heavy atom. The molecule has 0 aromatic heterocycles. The second-order valence-electron chi connectivity index (χ2n) is 9.23. The van der Waals surface area contributed by atoms with E-state index in [-0.39, 0.29) is 46.0 Å². The molecule has 0 saturated carbocycles. The van der Waals surface area contributed by atoms with Crippen LogP contribution in [-0.4, -0.2) is 49.3 Å². The van der Waals surface area contributed by atoms with Crippen LogP contribution in [0.4, 0.5) is 45.2 Å². The molecule has 1 heterocycles. The first-order chi connectivity index (χ1) is 19.6. The van der Waals surface area contributed by atoms with Gasteiger partial charge in [-0.2, -0.15) is 39.5 Å². The Labute approximate surface area is 249 Å². The smallest absolute Gasteiger partial charge is 0.374 e. The highest BCUT2D eigenvalue weighted by Crippen LogP contribution is 2.51. The molecule has 0 aliphatic carbocycles. The monoisotopic (exact) mass is 684 g/mol. The lowest BCUT2D eigenvalue weighted by molar-refractivity contribution is -0.276. The second kappa shape index (κ2) is 12.0. The van der Waals surface area contributed by atoms with Crippen molar-refractivity contribution in [1.82, 2.24) is 0 Å². The van der Waals surface area contributed by atoms with Gasteiger partial charge < -0.3 is 9.74 Å². The van der Waals surface area contributed by atoms with Crippen LogP contribution < -0.4 is 4.90 Å². The average Bonchev–Trinajstić information content (AvgIpc) is 3.37. The van der Waals surface area contributed by atoms with Gasteiger partial charge in [0.2, 0.25) is 0 Å². The topological polar surface area (TPSA) is 76.0 Å². The number of amides is 1. The fourth-order valence-corrected chi connectivity index (χ4v) is 7.44. The highest BCUT2D eigenvalue weighted by atomic mass is 35.5. The standard InChI is InChI=1S/C25H22ClF9N2O4S2/c1-4-42-21(43(39,40)5-2)20(38)37(3)19-7-6-13(8-17(19)26)18-12-22(41-36-18,25(33,34)35)14-9-15(23(27,28)29)11-16(10-14)24(30,31)32/h6-11,21H,4-5,12H2,1-3H3. The first-order valence-electron chi connectivity index (χ1n) is 12.1. The van der Waals surface area contributed by atoms with Crippen LogP contribution in [-0.2, 0) is 37.4 Å². The third-order valence-electron chi connectivity index (χ3n) is 6.46. The lowest BCUT2D eigenvalue weighted by Gasteiger charge is -2.30. The fraction of sp³-hybridized carbons (Fsp3) is 0.440. The molecule has 2 unspecified atom stereocenters. The van der Waals surface area contributed by atoms with Crippen LogP contribution in [0.5, 0.6) is 0 Å². The van der Waals surface area contributed by atoms with Gasteiger partial charge in [-0.25, -0.2) is 8.42 Å². The van der Waals surface area contributed by atoms with Gasteiger partial charge in [0.05, 0.1) is 27.5 Å². The van der Waals surface area contributed by atoms with Crippen molar-refractivity contribution in [3.63, 3.8) is 0 Å². The zero-order chi connectivity index (χ0) is 32.8. The number of carbonyl (C=O) groups is 1. The zero-order valence-electron chi connectivity index (χ0n) is 22.3. The van der Waals surface area contributed by atoms with Gasteiger partial charge in [0.1, 0.15) is 0 Å². The molecule has 0 spiro atoms. The third-order valence-corrected chi connectivity index (χ3v) is 10.5. The Hall–Kier alpha value is -2.66. The van der Waals surface area contributed by atoms with E-state index < -0.39 is 73.3 Å². The summed E-state index contributed by atoms with van der Waals surface area (Å²) in [4.78, 5) is 18.6. The van der Waals surface area contributed by atoms with Crippen molar-refractivity contribution in [2.45, 2.75) is 49.0 Å². The second-order valence-corrected chi connectivity index (χ2v) is 13.7. The molecular weight excluding hydrogens is 663 g/mol. The van der Waals surface area contributed by atoms with Gasteiger partial charge in [-0.1, -0.05) is 36.7 Å². The van der Waals surface area contributed by atoms with Crippen molar-refractivity contribution in [3.8, 4) is 0 Å². The fourth-order valence-electron chi connectivity index (χ4n) is 4.11. The van der Waals surface area contributed by atoms with Gasteiger partial charge in [0.25, 0.3) is 11.5 Å². The van der Waals surface area contributed by atoms with E-state index in [1.54, 1.807) is 6.92 Å². The largest absolute Gasteiger partial charge is 0.435 e. The van der Waals surface area contributed by atoms with E-state index in [1.807, 2.05) is 0 Å². The number of oxime groups is 1. The molecule has 2 aromatic carbocycles. The van der Waals surface area contributed by atoms with Crippen molar-refractivity contribution in [1.29, 1.82) is 0 Å². The van der Waals surface area contributed by atoms with Gasteiger partial charge in [-0.3, -0.25) is 4.79 Å². The Bertz CT molecular complexity index is 1490. The van der Waals surface area contributed by atoms with E-state index in [1.165, 1.54) is 20.0 Å². The Morgan fingerprint density at radius 1 is 1.02 bits per heavy atom. The highest BCUT2D eigenvalue weighted by Gasteiger charge is 2.63. The Kier molecular flexibility index (Phi) is 9.74. The summed E-state index contributed by atoms with van der Waals surface area (Å²) in [6.45, 7) is 3.01. The highest BCUT2D eigenvalue weighted by molar-refractivity contribution is 8.14. The molecule has 18 heteroatoms. The molecule has 0 saturated heterocycles. The van der Waals surface area contributed by atoms with E-state index in [4.69, 9.17) is 11.6 Å². The molecule has 1 aliphatic rings. The van der Waals surface area contributed by atoms with Gasteiger partial charge in [-0.15, -0.1) is 11.8 Å². The van der Waals surface area contributed by atoms with Gasteiger partial charge in [-0.05, 0) is 36.1 Å². The summed E-state index contributed by atoms with van der Waals surface area (Å²) in [5, 5.41) is 3.10. The summed E-state index contributed by atoms with van der Waals surface area (Å²) in [5.74, 6) is -0.882. The van der Waals surface area contributed by atoms with Crippen LogP contribution in [0.2, 0.25) is 5.02 Å². The molecule has 0 radical (unpaired) electrons. The number of hydrogen-bond acceptors (Lipinski definition) is 6. The van der Waals surface area contributed by atoms with Gasteiger partial charge >= 0.3 is 18.5 Å². The molecule has 2 aromatic rings. The van der Waals surface area contributed by atoms with Crippen LogP contribution in [0.1, 0.15) is 42.5 Å². The maximum atomic E-state index is 14.4. The molecule has 43 heavy (non-hydrogen) atoms. The number of carbonyl (C=O) groups excluding carboxylic acids is 1. The average molecular weight is 685 g/mol. The molecular formula is C25H22ClF9N2O4S2. The number of hydrogen-bond donors (Lipinski definition) is 0. The number of thioether (sulfide) groups is 1. The quantitative estimate of drug-likeness (QED) is 0.270. The Morgan fingerprint density at radius 3 is 2.02 bits per heavy atom. The van der Waals surface area contributed by atoms with Crippen molar-refractivity contribution >= 4 is 50.5 Å². The van der Waals surface area contributed by atoms with E-state index in [0.717, 1.165) is 28.8 Å². The van der Waals surface area contributed by atoms with Crippen molar-refractivity contribution in [2.75, 3.05) is 23.5 Å². The molecule has 1 aliphatic heterocycles. The van der Waals surface area contributed by atoms with E-state index in [9.17, 15) is 52.7 Å². The van der Waals surface area contributed by atoms with Crippen molar-refractivity contribution in [3.05, 3.63) is 63.7 Å². The zero-order valence-corrected chi connectivity index (χ0v) is 24.7. The summed E-state index contributed by atoms with van der Waals surface area (Å²) in [6, 6.07) is 2.90. The normalized spacial score (nSPS) is 18.7. The predicted octanol–water partition coefficient (Wildman–Crippen LogP) is 7.44. The molecule has 1 amide bonds. The summed E-state index contributed by atoms with van der Waals surface area (Å²) < 4.78 is 147. The minimum atomic E-state index is -5.53. The number of alkyl halides is 9. The number of rotatable bonds is 8. The molecule has 6 nitrogen and oxygen atoms in total.